The summed E-state index contributed by atoms with van der Waals surface area (Å²) in [6.07, 6.45) is 11.3. The van der Waals surface area contributed by atoms with Crippen molar-refractivity contribution in [3.05, 3.63) is 36.8 Å². The fourth-order valence-corrected chi connectivity index (χ4v) is 2.76. The molecule has 0 spiro atoms. The molecule has 3 rings (SSSR count). The van der Waals surface area contributed by atoms with Crippen LogP contribution in [0.3, 0.4) is 0 Å². The molecule has 0 bridgehead atoms. The van der Waals surface area contributed by atoms with E-state index in [1.54, 1.807) is 25.8 Å². The van der Waals surface area contributed by atoms with Gasteiger partial charge >= 0.3 is 0 Å². The summed E-state index contributed by atoms with van der Waals surface area (Å²) in [5, 5.41) is 0. The lowest BCUT2D eigenvalue weighted by molar-refractivity contribution is 0.130. The van der Waals surface area contributed by atoms with Crippen LogP contribution in [0.2, 0.25) is 0 Å². The third-order valence-electron chi connectivity index (χ3n) is 4.03. The minimum absolute atomic E-state index is 0.500. The quantitative estimate of drug-likeness (QED) is 0.834. The molecule has 0 aromatic carbocycles. The van der Waals surface area contributed by atoms with E-state index >= 15 is 0 Å². The highest BCUT2D eigenvalue weighted by atomic mass is 16.5. The van der Waals surface area contributed by atoms with Gasteiger partial charge in [0.15, 0.2) is 5.82 Å². The van der Waals surface area contributed by atoms with Gasteiger partial charge in [0, 0.05) is 38.2 Å². The van der Waals surface area contributed by atoms with E-state index in [1.165, 1.54) is 0 Å². The Hall–Kier alpha value is -1.79. The molecule has 1 aliphatic heterocycles. The van der Waals surface area contributed by atoms with E-state index in [0.29, 0.717) is 5.92 Å². The Balaban J connectivity index is 1.64. The first kappa shape index (κ1) is 14.2. The maximum atomic E-state index is 5.14. The molecule has 21 heavy (non-hydrogen) atoms. The summed E-state index contributed by atoms with van der Waals surface area (Å²) in [6, 6.07) is 0. The second-order valence-corrected chi connectivity index (χ2v) is 5.38. The van der Waals surface area contributed by atoms with Gasteiger partial charge in [-0.25, -0.2) is 9.97 Å². The van der Waals surface area contributed by atoms with E-state index in [2.05, 4.69) is 14.9 Å². The summed E-state index contributed by atoms with van der Waals surface area (Å²) in [5.74, 6) is 1.34. The van der Waals surface area contributed by atoms with Gasteiger partial charge in [-0.3, -0.25) is 9.55 Å². The Bertz CT molecular complexity index is 549. The molecule has 0 saturated carbocycles. The number of likely N-dealkylation sites (tertiary alicyclic amines) is 1. The Labute approximate surface area is 124 Å². The maximum Gasteiger partial charge on any atom is 0.156 e. The van der Waals surface area contributed by atoms with Crippen LogP contribution in [0, 0.1) is 0 Å². The minimum Gasteiger partial charge on any atom is -0.383 e. The number of ether oxygens (including phenoxy) is 1. The minimum atomic E-state index is 0.500. The van der Waals surface area contributed by atoms with Crippen LogP contribution in [0.5, 0.6) is 0 Å². The molecule has 1 fully saturated rings. The van der Waals surface area contributed by atoms with Crippen LogP contribution in [0.4, 0.5) is 0 Å². The summed E-state index contributed by atoms with van der Waals surface area (Å²) in [5.41, 5.74) is 1.09. The topological polar surface area (TPSA) is 56.1 Å². The summed E-state index contributed by atoms with van der Waals surface area (Å²) in [6.45, 7) is 4.03. The predicted octanol–water partition coefficient (Wildman–Crippen LogP) is 1.49. The molecule has 0 atom stereocenters. The molecule has 112 valence electrons. The fourth-order valence-electron chi connectivity index (χ4n) is 2.76. The normalized spacial score (nSPS) is 17.2. The molecular weight excluding hydrogens is 266 g/mol. The molecule has 0 amide bonds. The van der Waals surface area contributed by atoms with Crippen LogP contribution in [0.25, 0.3) is 5.82 Å². The van der Waals surface area contributed by atoms with E-state index < -0.39 is 0 Å². The third kappa shape index (κ3) is 3.46. The van der Waals surface area contributed by atoms with E-state index in [0.717, 1.165) is 50.6 Å². The molecular formula is C15H21N5O. The highest BCUT2D eigenvalue weighted by Crippen LogP contribution is 2.26. The van der Waals surface area contributed by atoms with E-state index in [9.17, 15) is 0 Å². The van der Waals surface area contributed by atoms with Gasteiger partial charge in [0.1, 0.15) is 6.33 Å². The van der Waals surface area contributed by atoms with Crippen molar-refractivity contribution >= 4 is 0 Å². The SMILES string of the molecule is COCCN1CCC(c2cncc(-n3ccnc3)n2)CC1. The average Bonchev–Trinajstić information content (AvgIpc) is 3.08. The molecule has 0 aliphatic carbocycles. The molecule has 0 radical (unpaired) electrons. The molecule has 2 aromatic heterocycles. The lowest BCUT2D eigenvalue weighted by Gasteiger charge is -2.31. The van der Waals surface area contributed by atoms with Crippen molar-refractivity contribution in [2.24, 2.45) is 0 Å². The third-order valence-corrected chi connectivity index (χ3v) is 4.03. The van der Waals surface area contributed by atoms with Gasteiger partial charge in [-0.2, -0.15) is 0 Å². The Morgan fingerprint density at radius 2 is 2.10 bits per heavy atom. The van der Waals surface area contributed by atoms with Crippen molar-refractivity contribution in [2.45, 2.75) is 18.8 Å². The monoisotopic (exact) mass is 287 g/mol. The zero-order valence-corrected chi connectivity index (χ0v) is 12.4. The van der Waals surface area contributed by atoms with Crippen LogP contribution in [0.1, 0.15) is 24.5 Å². The van der Waals surface area contributed by atoms with E-state index in [4.69, 9.17) is 9.72 Å². The molecule has 6 nitrogen and oxygen atoms in total. The second kappa shape index (κ2) is 6.78. The van der Waals surface area contributed by atoms with Crippen LogP contribution in [-0.4, -0.2) is 57.8 Å². The molecule has 6 heteroatoms. The lowest BCUT2D eigenvalue weighted by Crippen LogP contribution is -2.35. The van der Waals surface area contributed by atoms with Crippen molar-refractivity contribution in [1.82, 2.24) is 24.4 Å². The summed E-state index contributed by atoms with van der Waals surface area (Å²) < 4.78 is 7.03. The van der Waals surface area contributed by atoms with Crippen LogP contribution < -0.4 is 0 Å². The zero-order chi connectivity index (χ0) is 14.5. The number of methoxy groups -OCH3 is 1. The van der Waals surface area contributed by atoms with Crippen molar-refractivity contribution in [3.63, 3.8) is 0 Å². The summed E-state index contributed by atoms with van der Waals surface area (Å²) in [4.78, 5) is 15.6. The Kier molecular flexibility index (Phi) is 4.57. The molecule has 2 aromatic rings. The lowest BCUT2D eigenvalue weighted by atomic mass is 9.94. The first-order valence-corrected chi connectivity index (χ1v) is 7.38. The van der Waals surface area contributed by atoms with Gasteiger partial charge in [-0.05, 0) is 25.9 Å². The van der Waals surface area contributed by atoms with Gasteiger partial charge < -0.3 is 9.64 Å². The second-order valence-electron chi connectivity index (χ2n) is 5.38. The molecule has 1 aliphatic rings. The highest BCUT2D eigenvalue weighted by molar-refractivity contribution is 5.21. The van der Waals surface area contributed by atoms with Crippen LogP contribution in [-0.2, 0) is 4.74 Å². The van der Waals surface area contributed by atoms with Gasteiger partial charge in [-0.1, -0.05) is 0 Å². The average molecular weight is 287 g/mol. The Morgan fingerprint density at radius 3 is 2.81 bits per heavy atom. The number of hydrogen-bond donors (Lipinski definition) is 0. The first-order valence-electron chi connectivity index (χ1n) is 7.38. The van der Waals surface area contributed by atoms with E-state index in [1.807, 2.05) is 17.0 Å². The zero-order valence-electron chi connectivity index (χ0n) is 12.4. The van der Waals surface area contributed by atoms with Crippen molar-refractivity contribution in [2.75, 3.05) is 33.4 Å². The van der Waals surface area contributed by atoms with Crippen LogP contribution >= 0.6 is 0 Å². The number of imidazole rings is 1. The molecule has 0 N–H and O–H groups in total. The predicted molar refractivity (Wildman–Crippen MR) is 79.4 cm³/mol. The number of hydrogen-bond acceptors (Lipinski definition) is 5. The summed E-state index contributed by atoms with van der Waals surface area (Å²) in [7, 11) is 1.75. The number of aromatic nitrogens is 4. The van der Waals surface area contributed by atoms with Gasteiger partial charge in [0.2, 0.25) is 0 Å². The van der Waals surface area contributed by atoms with Gasteiger partial charge in [-0.15, -0.1) is 0 Å². The van der Waals surface area contributed by atoms with Crippen molar-refractivity contribution in [3.8, 4) is 5.82 Å². The number of rotatable bonds is 5. The molecule has 3 heterocycles. The largest absolute Gasteiger partial charge is 0.383 e. The maximum absolute atomic E-state index is 5.14. The molecule has 1 saturated heterocycles. The van der Waals surface area contributed by atoms with Gasteiger partial charge in [0.05, 0.1) is 18.5 Å². The number of piperidine rings is 1. The van der Waals surface area contributed by atoms with Crippen molar-refractivity contribution < 1.29 is 4.74 Å². The highest BCUT2D eigenvalue weighted by Gasteiger charge is 2.21. The van der Waals surface area contributed by atoms with Gasteiger partial charge in [0.25, 0.3) is 0 Å². The molecule has 0 unspecified atom stereocenters. The van der Waals surface area contributed by atoms with Crippen molar-refractivity contribution in [1.29, 1.82) is 0 Å². The number of nitrogens with zero attached hydrogens (tertiary/aromatic N) is 5. The first-order chi connectivity index (χ1) is 10.4. The standard InChI is InChI=1S/C15H21N5O/c1-21-9-8-19-5-2-13(3-6-19)14-10-17-11-15(18-14)20-7-4-16-12-20/h4,7,10-13H,2-3,5-6,8-9H2,1H3. The fraction of sp³-hybridized carbons (Fsp3) is 0.533. The smallest absolute Gasteiger partial charge is 0.156 e. The Morgan fingerprint density at radius 1 is 1.24 bits per heavy atom. The summed E-state index contributed by atoms with van der Waals surface area (Å²) >= 11 is 0. The van der Waals surface area contributed by atoms with Crippen LogP contribution in [0.15, 0.2) is 31.1 Å². The van der Waals surface area contributed by atoms with E-state index in [-0.39, 0.29) is 0 Å².